The number of nitro groups is 1. The number of nitrogens with zero attached hydrogens (tertiary/aromatic N) is 2. The Balaban J connectivity index is 1.91. The Bertz CT molecular complexity index is 822. The third kappa shape index (κ3) is 5.20. The molecular formula is C17H17N3O6. The lowest BCUT2D eigenvalue weighted by atomic mass is 10.2. The average Bonchev–Trinajstić information content (AvgIpc) is 2.65. The Labute approximate surface area is 149 Å². The van der Waals surface area contributed by atoms with E-state index in [9.17, 15) is 14.9 Å². The Morgan fingerprint density at radius 2 is 2.04 bits per heavy atom. The molecule has 0 fully saturated rings. The summed E-state index contributed by atoms with van der Waals surface area (Å²) in [7, 11) is 3.06. The van der Waals surface area contributed by atoms with Crippen molar-refractivity contribution in [3.05, 3.63) is 58.1 Å². The second kappa shape index (κ2) is 9.02. The molecule has 26 heavy (non-hydrogen) atoms. The number of hydrogen-bond acceptors (Lipinski definition) is 7. The molecule has 2 rings (SSSR count). The first kappa shape index (κ1) is 18.7. The quantitative estimate of drug-likeness (QED) is 0.440. The smallest absolute Gasteiger partial charge is 0.271 e. The maximum atomic E-state index is 11.8. The topological polar surface area (TPSA) is 112 Å². The second-order valence-electron chi connectivity index (χ2n) is 4.97. The monoisotopic (exact) mass is 359 g/mol. The van der Waals surface area contributed by atoms with Gasteiger partial charge in [0.1, 0.15) is 11.5 Å². The largest absolute Gasteiger partial charge is 0.497 e. The molecule has 136 valence electrons. The number of non-ortho nitro benzene ring substituents is 1. The van der Waals surface area contributed by atoms with Crippen molar-refractivity contribution in [1.82, 2.24) is 0 Å². The van der Waals surface area contributed by atoms with Crippen molar-refractivity contribution in [2.24, 2.45) is 5.16 Å². The summed E-state index contributed by atoms with van der Waals surface area (Å²) in [6.07, 6.45) is 1.39. The summed E-state index contributed by atoms with van der Waals surface area (Å²) < 4.78 is 10.3. The first-order valence-corrected chi connectivity index (χ1v) is 7.45. The molecule has 2 aromatic rings. The second-order valence-corrected chi connectivity index (χ2v) is 4.97. The van der Waals surface area contributed by atoms with Gasteiger partial charge >= 0.3 is 0 Å². The third-order valence-corrected chi connectivity index (χ3v) is 3.24. The molecule has 0 spiro atoms. The molecule has 0 radical (unpaired) electrons. The molecule has 0 heterocycles. The van der Waals surface area contributed by atoms with Crippen molar-refractivity contribution in [1.29, 1.82) is 0 Å². The summed E-state index contributed by atoms with van der Waals surface area (Å²) in [4.78, 5) is 26.9. The number of nitro benzene ring substituents is 1. The number of carbonyl (C=O) groups is 1. The molecule has 1 N–H and O–H groups in total. The van der Waals surface area contributed by atoms with Gasteiger partial charge in [-0.2, -0.15) is 0 Å². The van der Waals surface area contributed by atoms with Crippen LogP contribution in [0.15, 0.2) is 47.6 Å². The number of carbonyl (C=O) groups excluding carboxylic acids is 1. The molecule has 0 aliphatic heterocycles. The zero-order valence-corrected chi connectivity index (χ0v) is 14.2. The minimum Gasteiger partial charge on any atom is -0.497 e. The normalized spacial score (nSPS) is 10.4. The molecule has 0 aromatic heterocycles. The molecule has 0 saturated heterocycles. The minimum absolute atomic E-state index is 0.119. The van der Waals surface area contributed by atoms with Crippen LogP contribution in [0.25, 0.3) is 0 Å². The highest BCUT2D eigenvalue weighted by Crippen LogP contribution is 2.22. The van der Waals surface area contributed by atoms with Gasteiger partial charge in [-0.15, -0.1) is 0 Å². The van der Waals surface area contributed by atoms with Crippen LogP contribution in [0.4, 0.5) is 11.4 Å². The van der Waals surface area contributed by atoms with Gasteiger partial charge in [-0.1, -0.05) is 11.2 Å². The van der Waals surface area contributed by atoms with E-state index < -0.39 is 10.8 Å². The number of oxime groups is 1. The van der Waals surface area contributed by atoms with Gasteiger partial charge in [0.05, 0.1) is 25.4 Å². The first-order chi connectivity index (χ1) is 12.5. The molecule has 0 unspecified atom stereocenters. The number of nitrogens with one attached hydrogen (secondary N) is 1. The van der Waals surface area contributed by atoms with E-state index in [0.29, 0.717) is 22.7 Å². The van der Waals surface area contributed by atoms with Crippen molar-refractivity contribution >= 4 is 23.5 Å². The molecule has 0 bridgehead atoms. The highest BCUT2D eigenvalue weighted by atomic mass is 16.6. The van der Waals surface area contributed by atoms with Crippen LogP contribution in [0.1, 0.15) is 5.56 Å². The van der Waals surface area contributed by atoms with Crippen LogP contribution in [-0.4, -0.2) is 37.9 Å². The summed E-state index contributed by atoms with van der Waals surface area (Å²) in [6, 6.07) is 10.8. The summed E-state index contributed by atoms with van der Waals surface area (Å²) in [5, 5.41) is 16.9. The minimum atomic E-state index is -0.544. The van der Waals surface area contributed by atoms with Crippen molar-refractivity contribution in [2.45, 2.75) is 0 Å². The van der Waals surface area contributed by atoms with Crippen LogP contribution in [0.5, 0.6) is 11.5 Å². The predicted octanol–water partition coefficient (Wildman–Crippen LogP) is 2.60. The lowest BCUT2D eigenvalue weighted by molar-refractivity contribution is -0.384. The van der Waals surface area contributed by atoms with E-state index >= 15 is 0 Å². The van der Waals surface area contributed by atoms with Crippen molar-refractivity contribution in [3.8, 4) is 11.5 Å². The number of amides is 1. The predicted molar refractivity (Wildman–Crippen MR) is 94.8 cm³/mol. The van der Waals surface area contributed by atoms with Crippen LogP contribution >= 0.6 is 0 Å². The lowest BCUT2D eigenvalue weighted by Gasteiger charge is -2.07. The number of ether oxygens (including phenoxy) is 2. The molecular weight excluding hydrogens is 342 g/mol. The van der Waals surface area contributed by atoms with Crippen molar-refractivity contribution < 1.29 is 24.0 Å². The van der Waals surface area contributed by atoms with Gasteiger partial charge in [-0.25, -0.2) is 0 Å². The number of rotatable bonds is 8. The number of hydrogen-bond donors (Lipinski definition) is 1. The Kier molecular flexibility index (Phi) is 6.49. The lowest BCUT2D eigenvalue weighted by Crippen LogP contribution is -2.17. The Hall–Kier alpha value is -3.62. The van der Waals surface area contributed by atoms with Crippen molar-refractivity contribution in [2.75, 3.05) is 26.1 Å². The van der Waals surface area contributed by atoms with Gasteiger partial charge in [0.15, 0.2) is 6.61 Å². The van der Waals surface area contributed by atoms with Gasteiger partial charge in [0.2, 0.25) is 0 Å². The molecule has 2 aromatic carbocycles. The highest BCUT2D eigenvalue weighted by Gasteiger charge is 2.08. The van der Waals surface area contributed by atoms with Crippen LogP contribution in [0, 0.1) is 10.1 Å². The maximum absolute atomic E-state index is 11.8. The molecule has 0 atom stereocenters. The molecule has 9 nitrogen and oxygen atoms in total. The number of anilines is 1. The fourth-order valence-electron chi connectivity index (χ4n) is 2.02. The Morgan fingerprint density at radius 3 is 2.73 bits per heavy atom. The van der Waals surface area contributed by atoms with Crippen LogP contribution in [0.3, 0.4) is 0 Å². The number of benzene rings is 2. The van der Waals surface area contributed by atoms with Gasteiger partial charge in [-0.3, -0.25) is 14.9 Å². The van der Waals surface area contributed by atoms with E-state index in [1.54, 1.807) is 18.2 Å². The maximum Gasteiger partial charge on any atom is 0.271 e. The van der Waals surface area contributed by atoms with Crippen molar-refractivity contribution in [3.63, 3.8) is 0 Å². The molecule has 1 amide bonds. The van der Waals surface area contributed by atoms with E-state index in [1.807, 2.05) is 0 Å². The molecule has 0 saturated carbocycles. The van der Waals surface area contributed by atoms with Gasteiger partial charge in [0.25, 0.3) is 11.6 Å². The SMILES string of the molecule is COc1ccc(OC)c(/C=N\OCC(=O)Nc2cccc([N+](=O)[O-])c2)c1. The molecule has 0 aliphatic rings. The summed E-state index contributed by atoms with van der Waals surface area (Å²) in [6.45, 7) is -0.356. The fraction of sp³-hybridized carbons (Fsp3) is 0.176. The van der Waals surface area contributed by atoms with Crippen LogP contribution in [-0.2, 0) is 9.63 Å². The summed E-state index contributed by atoms with van der Waals surface area (Å²) >= 11 is 0. The summed E-state index contributed by atoms with van der Waals surface area (Å²) in [5.41, 5.74) is 0.795. The van der Waals surface area contributed by atoms with Gasteiger partial charge in [-0.05, 0) is 24.3 Å². The Morgan fingerprint density at radius 1 is 1.23 bits per heavy atom. The zero-order valence-electron chi connectivity index (χ0n) is 14.2. The van der Waals surface area contributed by atoms with E-state index in [-0.39, 0.29) is 12.3 Å². The van der Waals surface area contributed by atoms with E-state index in [2.05, 4.69) is 10.5 Å². The number of methoxy groups -OCH3 is 2. The van der Waals surface area contributed by atoms with Gasteiger partial charge in [0, 0.05) is 23.4 Å². The zero-order chi connectivity index (χ0) is 18.9. The highest BCUT2D eigenvalue weighted by molar-refractivity contribution is 5.92. The average molecular weight is 359 g/mol. The van der Waals surface area contributed by atoms with Gasteiger partial charge < -0.3 is 19.6 Å². The van der Waals surface area contributed by atoms with Crippen LogP contribution in [0.2, 0.25) is 0 Å². The van der Waals surface area contributed by atoms with E-state index in [4.69, 9.17) is 14.3 Å². The van der Waals surface area contributed by atoms with E-state index in [0.717, 1.165) is 0 Å². The van der Waals surface area contributed by atoms with E-state index in [1.165, 1.54) is 44.7 Å². The first-order valence-electron chi connectivity index (χ1n) is 7.45. The van der Waals surface area contributed by atoms with Crippen LogP contribution < -0.4 is 14.8 Å². The molecule has 9 heteroatoms. The third-order valence-electron chi connectivity index (χ3n) is 3.24. The fourth-order valence-corrected chi connectivity index (χ4v) is 2.02. The standard InChI is InChI=1S/C17H17N3O6/c1-24-15-6-7-16(25-2)12(8-15)10-18-26-11-17(21)19-13-4-3-5-14(9-13)20(22)23/h3-10H,11H2,1-2H3,(H,19,21)/b18-10-. The molecule has 0 aliphatic carbocycles. The summed E-state index contributed by atoms with van der Waals surface area (Å²) in [5.74, 6) is 0.690.